The van der Waals surface area contributed by atoms with E-state index in [1.54, 1.807) is 18.2 Å². The van der Waals surface area contributed by atoms with Crippen LogP contribution in [0.15, 0.2) is 24.3 Å². The fourth-order valence-electron chi connectivity index (χ4n) is 3.17. The maximum atomic E-state index is 12.5. The topological polar surface area (TPSA) is 63.6 Å². The number of rotatable bonds is 6. The molecule has 0 radical (unpaired) electrons. The van der Waals surface area contributed by atoms with Gasteiger partial charge in [0.2, 0.25) is 0 Å². The van der Waals surface area contributed by atoms with Gasteiger partial charge in [-0.2, -0.15) is 0 Å². The third kappa shape index (κ3) is 3.18. The molecule has 0 spiro atoms. The number of ether oxygens (including phenoxy) is 1. The summed E-state index contributed by atoms with van der Waals surface area (Å²) in [4.78, 5) is 23.6. The second-order valence-electron chi connectivity index (χ2n) is 5.58. The Balaban J connectivity index is 2.18. The fourth-order valence-corrected chi connectivity index (χ4v) is 3.17. The van der Waals surface area contributed by atoms with E-state index in [-0.39, 0.29) is 17.6 Å². The van der Waals surface area contributed by atoms with E-state index in [1.165, 1.54) is 7.11 Å². The standard InChI is InChI=1S/C16H20O4/c1-20-14-7-3-2-6-12(14)13(17)10-16(11-15(18)19)8-4-5-9-16/h2-3,6-7H,4-5,8-11H2,1H3,(H,18,19). The molecule has 20 heavy (non-hydrogen) atoms. The highest BCUT2D eigenvalue weighted by Crippen LogP contribution is 2.45. The number of carbonyl (C=O) groups excluding carboxylic acids is 1. The lowest BCUT2D eigenvalue weighted by Crippen LogP contribution is -2.25. The molecule has 0 saturated heterocycles. The van der Waals surface area contributed by atoms with Crippen LogP contribution in [0.2, 0.25) is 0 Å². The minimum absolute atomic E-state index is 0.0226. The summed E-state index contributed by atoms with van der Waals surface area (Å²) in [6, 6.07) is 7.11. The summed E-state index contributed by atoms with van der Waals surface area (Å²) in [5.41, 5.74) is 0.177. The van der Waals surface area contributed by atoms with Crippen molar-refractivity contribution >= 4 is 11.8 Å². The zero-order valence-electron chi connectivity index (χ0n) is 11.7. The van der Waals surface area contributed by atoms with E-state index in [0.717, 1.165) is 25.7 Å². The Hall–Kier alpha value is -1.84. The first kappa shape index (κ1) is 14.6. The average Bonchev–Trinajstić information content (AvgIpc) is 2.85. The van der Waals surface area contributed by atoms with E-state index < -0.39 is 5.97 Å². The lowest BCUT2D eigenvalue weighted by atomic mass is 9.77. The van der Waals surface area contributed by atoms with Gasteiger partial charge in [0.1, 0.15) is 5.75 Å². The molecule has 0 aliphatic heterocycles. The first-order chi connectivity index (χ1) is 9.56. The first-order valence-corrected chi connectivity index (χ1v) is 6.94. The minimum Gasteiger partial charge on any atom is -0.496 e. The van der Waals surface area contributed by atoms with Crippen LogP contribution in [0.4, 0.5) is 0 Å². The van der Waals surface area contributed by atoms with Gasteiger partial charge in [-0.3, -0.25) is 9.59 Å². The molecule has 1 aromatic rings. The number of methoxy groups -OCH3 is 1. The summed E-state index contributed by atoms with van der Waals surface area (Å²) in [7, 11) is 1.54. The Labute approximate surface area is 118 Å². The molecule has 0 bridgehead atoms. The van der Waals surface area contributed by atoms with E-state index in [2.05, 4.69) is 0 Å². The number of para-hydroxylation sites is 1. The Kier molecular flexibility index (Phi) is 4.42. The largest absolute Gasteiger partial charge is 0.496 e. The number of hydrogen-bond acceptors (Lipinski definition) is 3. The van der Waals surface area contributed by atoms with E-state index in [0.29, 0.717) is 17.7 Å². The van der Waals surface area contributed by atoms with Gasteiger partial charge in [-0.25, -0.2) is 0 Å². The van der Waals surface area contributed by atoms with Crippen molar-refractivity contribution in [3.63, 3.8) is 0 Å². The summed E-state index contributed by atoms with van der Waals surface area (Å²) in [6.45, 7) is 0. The summed E-state index contributed by atoms with van der Waals surface area (Å²) in [5, 5.41) is 9.09. The van der Waals surface area contributed by atoms with Crippen molar-refractivity contribution in [2.75, 3.05) is 7.11 Å². The molecule has 0 atom stereocenters. The zero-order valence-corrected chi connectivity index (χ0v) is 11.7. The number of carboxylic acid groups (broad SMARTS) is 1. The highest BCUT2D eigenvalue weighted by Gasteiger charge is 2.38. The maximum Gasteiger partial charge on any atom is 0.303 e. The SMILES string of the molecule is COc1ccccc1C(=O)CC1(CC(=O)O)CCCC1. The Morgan fingerprint density at radius 2 is 1.85 bits per heavy atom. The first-order valence-electron chi connectivity index (χ1n) is 6.94. The third-order valence-corrected chi connectivity index (χ3v) is 4.13. The zero-order chi connectivity index (χ0) is 14.6. The molecular weight excluding hydrogens is 256 g/mol. The van der Waals surface area contributed by atoms with E-state index in [4.69, 9.17) is 9.84 Å². The van der Waals surface area contributed by atoms with E-state index in [9.17, 15) is 9.59 Å². The molecule has 1 aliphatic carbocycles. The third-order valence-electron chi connectivity index (χ3n) is 4.13. The molecular formula is C16H20O4. The average molecular weight is 276 g/mol. The number of Topliss-reactive ketones (excluding diaryl/α,β-unsaturated/α-hetero) is 1. The Morgan fingerprint density at radius 3 is 2.45 bits per heavy atom. The van der Waals surface area contributed by atoms with Crippen LogP contribution in [0.3, 0.4) is 0 Å². The van der Waals surface area contributed by atoms with Crippen molar-refractivity contribution in [1.29, 1.82) is 0 Å². The molecule has 1 aromatic carbocycles. The smallest absolute Gasteiger partial charge is 0.303 e. The molecule has 1 fully saturated rings. The van der Waals surface area contributed by atoms with Gasteiger partial charge in [-0.15, -0.1) is 0 Å². The monoisotopic (exact) mass is 276 g/mol. The lowest BCUT2D eigenvalue weighted by Gasteiger charge is -2.26. The summed E-state index contributed by atoms with van der Waals surface area (Å²) in [5.74, 6) is -0.286. The van der Waals surface area contributed by atoms with Crippen molar-refractivity contribution in [1.82, 2.24) is 0 Å². The molecule has 0 heterocycles. The van der Waals surface area contributed by atoms with Gasteiger partial charge in [0, 0.05) is 6.42 Å². The molecule has 108 valence electrons. The quantitative estimate of drug-likeness (QED) is 0.810. The maximum absolute atomic E-state index is 12.5. The van der Waals surface area contributed by atoms with Crippen molar-refractivity contribution < 1.29 is 19.4 Å². The highest BCUT2D eigenvalue weighted by molar-refractivity contribution is 5.99. The van der Waals surface area contributed by atoms with Gasteiger partial charge in [0.25, 0.3) is 0 Å². The van der Waals surface area contributed by atoms with Gasteiger partial charge in [-0.05, 0) is 30.4 Å². The van der Waals surface area contributed by atoms with Crippen LogP contribution in [-0.4, -0.2) is 24.0 Å². The van der Waals surface area contributed by atoms with Crippen LogP contribution in [0, 0.1) is 5.41 Å². The number of benzene rings is 1. The van der Waals surface area contributed by atoms with Crippen LogP contribution in [0.5, 0.6) is 5.75 Å². The summed E-state index contributed by atoms with van der Waals surface area (Å²) < 4.78 is 5.21. The number of ketones is 1. The molecule has 0 amide bonds. The molecule has 1 aliphatic rings. The molecule has 0 unspecified atom stereocenters. The van der Waals surface area contributed by atoms with Crippen LogP contribution < -0.4 is 4.74 Å². The molecule has 1 N–H and O–H groups in total. The van der Waals surface area contributed by atoms with Gasteiger partial charge in [0.15, 0.2) is 5.78 Å². The molecule has 4 nitrogen and oxygen atoms in total. The minimum atomic E-state index is -0.820. The second-order valence-corrected chi connectivity index (χ2v) is 5.58. The van der Waals surface area contributed by atoms with Crippen LogP contribution in [-0.2, 0) is 4.79 Å². The number of aliphatic carboxylic acids is 1. The molecule has 1 saturated carbocycles. The van der Waals surface area contributed by atoms with Gasteiger partial charge >= 0.3 is 5.97 Å². The van der Waals surface area contributed by atoms with Crippen molar-refractivity contribution in [3.05, 3.63) is 29.8 Å². The Bertz CT molecular complexity index is 501. The van der Waals surface area contributed by atoms with Crippen LogP contribution >= 0.6 is 0 Å². The number of carboxylic acids is 1. The molecule has 0 aromatic heterocycles. The second kappa shape index (κ2) is 6.07. The predicted molar refractivity (Wildman–Crippen MR) is 75.1 cm³/mol. The van der Waals surface area contributed by atoms with E-state index in [1.807, 2.05) is 6.07 Å². The summed E-state index contributed by atoms with van der Waals surface area (Å²) >= 11 is 0. The van der Waals surface area contributed by atoms with Crippen molar-refractivity contribution in [2.45, 2.75) is 38.5 Å². The normalized spacial score (nSPS) is 16.9. The van der Waals surface area contributed by atoms with Gasteiger partial charge < -0.3 is 9.84 Å². The van der Waals surface area contributed by atoms with Crippen LogP contribution in [0.25, 0.3) is 0 Å². The predicted octanol–water partition coefficient (Wildman–Crippen LogP) is 3.30. The van der Waals surface area contributed by atoms with Crippen molar-refractivity contribution in [3.8, 4) is 5.75 Å². The van der Waals surface area contributed by atoms with Crippen molar-refractivity contribution in [2.24, 2.45) is 5.41 Å². The Morgan fingerprint density at radius 1 is 1.20 bits per heavy atom. The van der Waals surface area contributed by atoms with Gasteiger partial charge in [-0.1, -0.05) is 25.0 Å². The van der Waals surface area contributed by atoms with Crippen LogP contribution in [0.1, 0.15) is 48.9 Å². The summed E-state index contributed by atoms with van der Waals surface area (Å²) in [6.07, 6.45) is 4.02. The number of hydrogen-bond donors (Lipinski definition) is 1. The van der Waals surface area contributed by atoms with E-state index >= 15 is 0 Å². The highest BCUT2D eigenvalue weighted by atomic mass is 16.5. The molecule has 2 rings (SSSR count). The number of carbonyl (C=O) groups is 2. The fraction of sp³-hybridized carbons (Fsp3) is 0.500. The lowest BCUT2D eigenvalue weighted by molar-refractivity contribution is -0.139. The molecule has 4 heteroatoms. The van der Waals surface area contributed by atoms with Gasteiger partial charge in [0.05, 0.1) is 19.1 Å².